The normalized spacial score (nSPS) is 13.5. The topological polar surface area (TPSA) is 59.4 Å². The van der Waals surface area contributed by atoms with Crippen LogP contribution in [0.4, 0.5) is 33.3 Å². The Balaban J connectivity index is 1.47. The number of hydrogen-bond acceptors (Lipinski definition) is 4. The van der Waals surface area contributed by atoms with Gasteiger partial charge in [0.25, 0.3) is 5.91 Å². The minimum atomic E-state index is -3.06. The van der Waals surface area contributed by atoms with Gasteiger partial charge in [-0.25, -0.2) is 13.2 Å². The van der Waals surface area contributed by atoms with Crippen LogP contribution in [0.3, 0.4) is 0 Å². The van der Waals surface area contributed by atoms with Gasteiger partial charge in [0, 0.05) is 24.4 Å². The van der Waals surface area contributed by atoms with Crippen molar-refractivity contribution in [3.63, 3.8) is 0 Å². The van der Waals surface area contributed by atoms with Crippen LogP contribution in [0, 0.1) is 17.5 Å². The van der Waals surface area contributed by atoms with Crippen LogP contribution < -0.4 is 15.0 Å². The molecule has 2 aromatic carbocycles. The predicted molar refractivity (Wildman–Crippen MR) is 101 cm³/mol. The number of carbonyl (C=O) groups is 1. The summed E-state index contributed by atoms with van der Waals surface area (Å²) < 4.78 is 70.8. The minimum Gasteiger partial charge on any atom is -0.435 e. The Kier molecular flexibility index (Phi) is 5.49. The first-order chi connectivity index (χ1) is 14.8. The van der Waals surface area contributed by atoms with Crippen LogP contribution in [0.1, 0.15) is 16.2 Å². The summed E-state index contributed by atoms with van der Waals surface area (Å²) in [6.07, 6.45) is 0. The lowest BCUT2D eigenvalue weighted by Gasteiger charge is -2.27. The summed E-state index contributed by atoms with van der Waals surface area (Å²) in [7, 11) is 0. The molecule has 1 amide bonds. The molecular formula is C20H15F5N4O2. The minimum absolute atomic E-state index is 0.0438. The molecule has 0 unspecified atom stereocenters. The first-order valence-corrected chi connectivity index (χ1v) is 9.13. The molecule has 6 nitrogen and oxygen atoms in total. The number of amides is 1. The third kappa shape index (κ3) is 4.30. The molecule has 11 heteroatoms. The third-order valence-electron chi connectivity index (χ3n) is 4.67. The zero-order valence-electron chi connectivity index (χ0n) is 15.8. The maximum absolute atomic E-state index is 14.1. The highest BCUT2D eigenvalue weighted by atomic mass is 19.3. The van der Waals surface area contributed by atoms with Crippen LogP contribution in [0.15, 0.2) is 42.5 Å². The fourth-order valence-electron chi connectivity index (χ4n) is 3.23. The molecule has 0 spiro atoms. The van der Waals surface area contributed by atoms with Crippen LogP contribution >= 0.6 is 0 Å². The summed E-state index contributed by atoms with van der Waals surface area (Å²) >= 11 is 0. The fraction of sp³-hybridized carbons (Fsp3) is 0.200. The number of nitrogens with one attached hydrogen (secondary N) is 1. The molecule has 3 aromatic rings. The summed E-state index contributed by atoms with van der Waals surface area (Å²) in [5.41, 5.74) is 0.947. The lowest BCUT2D eigenvalue weighted by atomic mass is 10.2. The highest BCUT2D eigenvalue weighted by Crippen LogP contribution is 2.25. The van der Waals surface area contributed by atoms with E-state index in [0.29, 0.717) is 12.2 Å². The lowest BCUT2D eigenvalue weighted by molar-refractivity contribution is -0.0499. The van der Waals surface area contributed by atoms with E-state index in [1.165, 1.54) is 33.8 Å². The molecule has 0 radical (unpaired) electrons. The van der Waals surface area contributed by atoms with E-state index in [4.69, 9.17) is 0 Å². The fourth-order valence-corrected chi connectivity index (χ4v) is 3.23. The molecule has 4 rings (SSSR count). The number of alkyl halides is 2. The maximum atomic E-state index is 14.1. The summed E-state index contributed by atoms with van der Waals surface area (Å²) in [6, 6.07) is 7.99. The zero-order valence-corrected chi connectivity index (χ0v) is 15.8. The number of halogens is 5. The first kappa shape index (κ1) is 20.6. The van der Waals surface area contributed by atoms with Crippen molar-refractivity contribution >= 4 is 17.3 Å². The standard InChI is InChI=1S/C20H15F5N4O2/c21-14-3-1-12(8-15(14)22)28-5-6-29-18(19(28)30)7-11(27-29)10-26-17-4-2-13(9-16(17)23)31-20(24)25/h1-4,7-9,20,26H,5-6,10H2. The molecule has 0 saturated carbocycles. The average molecular weight is 438 g/mol. The SMILES string of the molecule is O=C1c2cc(CNc3ccc(OC(F)F)cc3F)nn2CCN1c1ccc(F)c(F)c1. The van der Waals surface area contributed by atoms with Crippen molar-refractivity contribution in [2.75, 3.05) is 16.8 Å². The Hall–Kier alpha value is -3.63. The number of nitrogens with zero attached hydrogens (tertiary/aromatic N) is 3. The summed E-state index contributed by atoms with van der Waals surface area (Å²) in [4.78, 5) is 14.1. The van der Waals surface area contributed by atoms with Gasteiger partial charge >= 0.3 is 6.61 Å². The van der Waals surface area contributed by atoms with Crippen LogP contribution in [0.2, 0.25) is 0 Å². The molecule has 0 bridgehead atoms. The van der Waals surface area contributed by atoms with Gasteiger partial charge in [-0.05, 0) is 30.3 Å². The quantitative estimate of drug-likeness (QED) is 0.587. The molecule has 0 atom stereocenters. The number of benzene rings is 2. The molecule has 0 fully saturated rings. The molecule has 0 aliphatic carbocycles. The van der Waals surface area contributed by atoms with E-state index < -0.39 is 30.0 Å². The Bertz CT molecular complexity index is 1130. The smallest absolute Gasteiger partial charge is 0.387 e. The summed E-state index contributed by atoms with van der Waals surface area (Å²) in [6.45, 7) is -2.46. The van der Waals surface area contributed by atoms with Gasteiger partial charge in [-0.2, -0.15) is 13.9 Å². The summed E-state index contributed by atoms with van der Waals surface area (Å²) in [5.74, 6) is -3.59. The van der Waals surface area contributed by atoms with E-state index in [9.17, 15) is 26.7 Å². The van der Waals surface area contributed by atoms with Gasteiger partial charge in [0.2, 0.25) is 0 Å². The van der Waals surface area contributed by atoms with Gasteiger partial charge in [0.05, 0.1) is 24.5 Å². The van der Waals surface area contributed by atoms with E-state index in [0.717, 1.165) is 18.2 Å². The third-order valence-corrected chi connectivity index (χ3v) is 4.67. The molecule has 1 aliphatic rings. The Morgan fingerprint density at radius 1 is 1.00 bits per heavy atom. The first-order valence-electron chi connectivity index (χ1n) is 9.13. The van der Waals surface area contributed by atoms with Crippen molar-refractivity contribution in [2.24, 2.45) is 0 Å². The van der Waals surface area contributed by atoms with Gasteiger partial charge < -0.3 is 15.0 Å². The van der Waals surface area contributed by atoms with Crippen LogP contribution in [0.25, 0.3) is 0 Å². The predicted octanol–water partition coefficient (Wildman–Crippen LogP) is 4.17. The molecule has 1 aliphatic heterocycles. The van der Waals surface area contributed by atoms with Gasteiger partial charge in [0.1, 0.15) is 17.3 Å². The van der Waals surface area contributed by atoms with Crippen molar-refractivity contribution in [3.05, 3.63) is 71.3 Å². The number of fused-ring (bicyclic) bond motifs is 1. The number of rotatable bonds is 6. The number of carbonyl (C=O) groups excluding carboxylic acids is 1. The van der Waals surface area contributed by atoms with Gasteiger partial charge in [-0.15, -0.1) is 0 Å². The highest BCUT2D eigenvalue weighted by molar-refractivity contribution is 6.05. The summed E-state index contributed by atoms with van der Waals surface area (Å²) in [5, 5.41) is 7.07. The second kappa shape index (κ2) is 8.25. The molecule has 0 saturated heterocycles. The Morgan fingerprint density at radius 2 is 1.81 bits per heavy atom. The molecular weight excluding hydrogens is 423 g/mol. The van der Waals surface area contributed by atoms with E-state index in [2.05, 4.69) is 15.2 Å². The van der Waals surface area contributed by atoms with Crippen molar-refractivity contribution in [1.29, 1.82) is 0 Å². The lowest BCUT2D eigenvalue weighted by Crippen LogP contribution is -2.40. The van der Waals surface area contributed by atoms with E-state index in [-0.39, 0.29) is 35.9 Å². The number of ether oxygens (including phenoxy) is 1. The maximum Gasteiger partial charge on any atom is 0.387 e. The molecule has 1 N–H and O–H groups in total. The number of aromatic nitrogens is 2. The van der Waals surface area contributed by atoms with E-state index in [1.54, 1.807) is 0 Å². The Labute approximate surface area is 172 Å². The van der Waals surface area contributed by atoms with Crippen molar-refractivity contribution < 1.29 is 31.5 Å². The van der Waals surface area contributed by atoms with Crippen LogP contribution in [-0.2, 0) is 13.1 Å². The molecule has 162 valence electrons. The number of hydrogen-bond donors (Lipinski definition) is 1. The zero-order chi connectivity index (χ0) is 22.1. The van der Waals surface area contributed by atoms with Gasteiger partial charge in [-0.3, -0.25) is 9.48 Å². The average Bonchev–Trinajstić information content (AvgIpc) is 3.13. The highest BCUT2D eigenvalue weighted by Gasteiger charge is 2.28. The van der Waals surface area contributed by atoms with Crippen molar-refractivity contribution in [1.82, 2.24) is 9.78 Å². The molecule has 1 aromatic heterocycles. The second-order valence-electron chi connectivity index (χ2n) is 6.67. The monoisotopic (exact) mass is 438 g/mol. The second-order valence-corrected chi connectivity index (χ2v) is 6.67. The van der Waals surface area contributed by atoms with E-state index >= 15 is 0 Å². The molecule has 31 heavy (non-hydrogen) atoms. The molecule has 2 heterocycles. The largest absolute Gasteiger partial charge is 0.435 e. The Morgan fingerprint density at radius 3 is 2.52 bits per heavy atom. The number of anilines is 2. The van der Waals surface area contributed by atoms with Crippen molar-refractivity contribution in [3.8, 4) is 5.75 Å². The van der Waals surface area contributed by atoms with Gasteiger partial charge in [-0.1, -0.05) is 0 Å². The van der Waals surface area contributed by atoms with E-state index in [1.807, 2.05) is 0 Å². The van der Waals surface area contributed by atoms with Crippen LogP contribution in [0.5, 0.6) is 5.75 Å². The van der Waals surface area contributed by atoms with Crippen LogP contribution in [-0.4, -0.2) is 28.8 Å². The van der Waals surface area contributed by atoms with Crippen molar-refractivity contribution in [2.45, 2.75) is 19.7 Å². The van der Waals surface area contributed by atoms with Gasteiger partial charge in [0.15, 0.2) is 11.6 Å².